The van der Waals surface area contributed by atoms with Crippen LogP contribution in [0.15, 0.2) is 61.2 Å². The molecule has 0 bridgehead atoms. The van der Waals surface area contributed by atoms with Gasteiger partial charge in [-0.25, -0.2) is 4.79 Å². The van der Waals surface area contributed by atoms with Crippen molar-refractivity contribution in [2.24, 2.45) is 0 Å². The van der Waals surface area contributed by atoms with Crippen LogP contribution in [-0.2, 0) is 9.53 Å². The molecule has 0 N–H and O–H groups in total. The summed E-state index contributed by atoms with van der Waals surface area (Å²) in [5, 5.41) is 8.79. The molecule has 0 saturated heterocycles. The molecule has 90 valence electrons. The highest BCUT2D eigenvalue weighted by molar-refractivity contribution is 5.81. The van der Waals surface area contributed by atoms with Crippen LogP contribution < -0.4 is 0 Å². The quantitative estimate of drug-likeness (QED) is 0.451. The first-order valence-corrected chi connectivity index (χ1v) is 5.32. The summed E-state index contributed by atoms with van der Waals surface area (Å²) in [5.74, 6) is -0.589. The summed E-state index contributed by atoms with van der Waals surface area (Å²) in [7, 11) is 0. The smallest absolute Gasteiger partial charge is 0.331 e. The standard InChI is InChI=1S/C15H13NO2/c1-3-15(17)18-14(12(2)11-16)10-9-13-7-5-4-6-8-13/h3-10,14H,1-2H2. The maximum Gasteiger partial charge on any atom is 0.331 e. The third-order valence-corrected chi connectivity index (χ3v) is 2.16. The zero-order valence-electron chi connectivity index (χ0n) is 9.87. The van der Waals surface area contributed by atoms with Crippen molar-refractivity contribution in [2.45, 2.75) is 6.10 Å². The number of nitrogens with zero attached hydrogens (tertiary/aromatic N) is 1. The first-order chi connectivity index (χ1) is 8.67. The van der Waals surface area contributed by atoms with Crippen molar-refractivity contribution in [1.82, 2.24) is 0 Å². The van der Waals surface area contributed by atoms with Gasteiger partial charge in [-0.2, -0.15) is 5.26 Å². The minimum Gasteiger partial charge on any atom is -0.449 e. The summed E-state index contributed by atoms with van der Waals surface area (Å²) in [5.41, 5.74) is 1.11. The molecule has 0 saturated carbocycles. The van der Waals surface area contributed by atoms with E-state index in [2.05, 4.69) is 13.2 Å². The monoisotopic (exact) mass is 239 g/mol. The summed E-state index contributed by atoms with van der Waals surface area (Å²) < 4.78 is 5.01. The summed E-state index contributed by atoms with van der Waals surface area (Å²) in [6.07, 6.45) is 3.67. The van der Waals surface area contributed by atoms with Crippen LogP contribution in [-0.4, -0.2) is 12.1 Å². The summed E-state index contributed by atoms with van der Waals surface area (Å²) in [4.78, 5) is 11.1. The molecule has 0 radical (unpaired) electrons. The number of nitriles is 1. The Morgan fingerprint density at radius 3 is 2.61 bits per heavy atom. The van der Waals surface area contributed by atoms with E-state index in [1.807, 2.05) is 36.4 Å². The van der Waals surface area contributed by atoms with Gasteiger partial charge in [-0.3, -0.25) is 0 Å². The zero-order valence-corrected chi connectivity index (χ0v) is 9.87. The number of hydrogen-bond acceptors (Lipinski definition) is 3. The SMILES string of the molecule is C=CC(=O)OC(C=Cc1ccccc1)C(=C)C#N. The van der Waals surface area contributed by atoms with Crippen molar-refractivity contribution in [3.05, 3.63) is 66.8 Å². The van der Waals surface area contributed by atoms with Crippen LogP contribution in [0.25, 0.3) is 6.08 Å². The number of carbonyl (C=O) groups excluding carboxylic acids is 1. The Kier molecular flexibility index (Phi) is 5.14. The van der Waals surface area contributed by atoms with Crippen molar-refractivity contribution in [3.8, 4) is 6.07 Å². The van der Waals surface area contributed by atoms with Gasteiger partial charge in [0.1, 0.15) is 0 Å². The molecule has 3 nitrogen and oxygen atoms in total. The minimum atomic E-state index is -0.763. The van der Waals surface area contributed by atoms with Gasteiger partial charge in [0.05, 0.1) is 11.6 Å². The molecule has 1 unspecified atom stereocenters. The van der Waals surface area contributed by atoms with E-state index in [1.54, 1.807) is 12.2 Å². The number of ether oxygens (including phenoxy) is 1. The van der Waals surface area contributed by atoms with Crippen molar-refractivity contribution in [2.75, 3.05) is 0 Å². The van der Waals surface area contributed by atoms with E-state index in [1.165, 1.54) is 0 Å². The molecule has 1 aromatic carbocycles. The third-order valence-electron chi connectivity index (χ3n) is 2.16. The lowest BCUT2D eigenvalue weighted by Crippen LogP contribution is -2.15. The zero-order chi connectivity index (χ0) is 13.4. The second kappa shape index (κ2) is 6.87. The summed E-state index contributed by atoms with van der Waals surface area (Å²) in [6, 6.07) is 11.4. The van der Waals surface area contributed by atoms with Gasteiger partial charge in [-0.05, 0) is 11.6 Å². The minimum absolute atomic E-state index is 0.164. The van der Waals surface area contributed by atoms with E-state index < -0.39 is 12.1 Å². The topological polar surface area (TPSA) is 50.1 Å². The van der Waals surface area contributed by atoms with E-state index in [0.717, 1.165) is 11.6 Å². The molecule has 1 rings (SSSR count). The van der Waals surface area contributed by atoms with Gasteiger partial charge in [0.25, 0.3) is 0 Å². The Hall–Kier alpha value is -2.60. The molecule has 0 amide bonds. The maximum absolute atomic E-state index is 11.1. The summed E-state index contributed by atoms with van der Waals surface area (Å²) >= 11 is 0. The van der Waals surface area contributed by atoms with Crippen LogP contribution >= 0.6 is 0 Å². The third kappa shape index (κ3) is 4.11. The number of hydrogen-bond donors (Lipinski definition) is 0. The second-order valence-corrected chi connectivity index (χ2v) is 3.47. The molecule has 18 heavy (non-hydrogen) atoms. The molecule has 0 spiro atoms. The molecular formula is C15H13NO2. The van der Waals surface area contributed by atoms with Gasteiger partial charge in [-0.1, -0.05) is 49.6 Å². The van der Waals surface area contributed by atoms with E-state index in [0.29, 0.717) is 0 Å². The first-order valence-electron chi connectivity index (χ1n) is 5.32. The predicted octanol–water partition coefficient (Wildman–Crippen LogP) is 2.88. The molecule has 0 aromatic heterocycles. The average molecular weight is 239 g/mol. The van der Waals surface area contributed by atoms with E-state index in [4.69, 9.17) is 10.00 Å². The van der Waals surface area contributed by atoms with Crippen LogP contribution in [0.1, 0.15) is 5.56 Å². The Morgan fingerprint density at radius 1 is 1.39 bits per heavy atom. The van der Waals surface area contributed by atoms with Crippen molar-refractivity contribution >= 4 is 12.0 Å². The molecule has 3 heteroatoms. The number of benzene rings is 1. The summed E-state index contributed by atoms with van der Waals surface area (Å²) in [6.45, 7) is 6.86. The van der Waals surface area contributed by atoms with Gasteiger partial charge in [0.15, 0.2) is 6.10 Å². The first kappa shape index (κ1) is 13.5. The van der Waals surface area contributed by atoms with Crippen molar-refractivity contribution < 1.29 is 9.53 Å². The lowest BCUT2D eigenvalue weighted by atomic mass is 10.1. The average Bonchev–Trinajstić information content (AvgIpc) is 2.43. The Bertz CT molecular complexity index is 509. The largest absolute Gasteiger partial charge is 0.449 e. The van der Waals surface area contributed by atoms with Crippen molar-refractivity contribution in [1.29, 1.82) is 5.26 Å². The molecule has 0 aliphatic heterocycles. The lowest BCUT2D eigenvalue weighted by molar-refractivity contribution is -0.139. The molecular weight excluding hydrogens is 226 g/mol. The maximum atomic E-state index is 11.1. The number of esters is 1. The van der Waals surface area contributed by atoms with Gasteiger partial charge < -0.3 is 4.74 Å². The Labute approximate surface area is 106 Å². The molecule has 0 heterocycles. The molecule has 0 aliphatic rings. The van der Waals surface area contributed by atoms with Crippen LogP contribution in [0.5, 0.6) is 0 Å². The molecule has 1 aromatic rings. The molecule has 1 atom stereocenters. The Morgan fingerprint density at radius 2 is 2.06 bits per heavy atom. The Balaban J connectivity index is 2.82. The van der Waals surface area contributed by atoms with E-state index >= 15 is 0 Å². The van der Waals surface area contributed by atoms with Crippen LogP contribution in [0.4, 0.5) is 0 Å². The molecule has 0 aliphatic carbocycles. The fraction of sp³-hybridized carbons (Fsp3) is 0.0667. The van der Waals surface area contributed by atoms with Crippen LogP contribution in [0.3, 0.4) is 0 Å². The predicted molar refractivity (Wildman–Crippen MR) is 70.3 cm³/mol. The van der Waals surface area contributed by atoms with Gasteiger partial charge >= 0.3 is 5.97 Å². The van der Waals surface area contributed by atoms with E-state index in [-0.39, 0.29) is 5.57 Å². The fourth-order valence-corrected chi connectivity index (χ4v) is 1.23. The highest BCUT2D eigenvalue weighted by Gasteiger charge is 2.12. The van der Waals surface area contributed by atoms with Gasteiger partial charge in [0, 0.05) is 6.08 Å². The highest BCUT2D eigenvalue weighted by Crippen LogP contribution is 2.10. The molecule has 0 fully saturated rings. The fourth-order valence-electron chi connectivity index (χ4n) is 1.23. The number of rotatable bonds is 5. The normalized spacial score (nSPS) is 11.5. The lowest BCUT2D eigenvalue weighted by Gasteiger charge is -2.10. The van der Waals surface area contributed by atoms with Crippen molar-refractivity contribution in [3.63, 3.8) is 0 Å². The van der Waals surface area contributed by atoms with E-state index in [9.17, 15) is 4.79 Å². The van der Waals surface area contributed by atoms with Crippen LogP contribution in [0, 0.1) is 11.3 Å². The highest BCUT2D eigenvalue weighted by atomic mass is 16.5. The van der Waals surface area contributed by atoms with Crippen LogP contribution in [0.2, 0.25) is 0 Å². The van der Waals surface area contributed by atoms with Gasteiger partial charge in [0.2, 0.25) is 0 Å². The van der Waals surface area contributed by atoms with Gasteiger partial charge in [-0.15, -0.1) is 0 Å². The second-order valence-electron chi connectivity index (χ2n) is 3.47. The number of carbonyl (C=O) groups is 1.